The van der Waals surface area contributed by atoms with Gasteiger partial charge in [-0.2, -0.15) is 0 Å². The topological polar surface area (TPSA) is 52.6 Å². The highest BCUT2D eigenvalue weighted by molar-refractivity contribution is 5.76. The molecule has 24 heavy (non-hydrogen) atoms. The maximum absolute atomic E-state index is 11.9. The van der Waals surface area contributed by atoms with Crippen molar-refractivity contribution < 1.29 is 9.90 Å². The molecule has 1 amide bonds. The van der Waals surface area contributed by atoms with E-state index in [2.05, 4.69) is 41.4 Å². The minimum absolute atomic E-state index is 0.0294. The first-order valence-electron chi connectivity index (χ1n) is 9.16. The van der Waals surface area contributed by atoms with Gasteiger partial charge in [-0.05, 0) is 50.3 Å². The fourth-order valence-electron chi connectivity index (χ4n) is 3.06. The molecule has 1 atom stereocenters. The summed E-state index contributed by atoms with van der Waals surface area (Å²) in [4.78, 5) is 14.3. The van der Waals surface area contributed by atoms with Crippen LogP contribution in [0, 0.1) is 18.8 Å². The number of aryl methyl sites for hydroxylation is 1. The van der Waals surface area contributed by atoms with Gasteiger partial charge in [0.15, 0.2) is 0 Å². The molecule has 4 heteroatoms. The molecule has 1 aliphatic heterocycles. The van der Waals surface area contributed by atoms with Crippen molar-refractivity contribution >= 4 is 5.91 Å². The van der Waals surface area contributed by atoms with Crippen LogP contribution >= 0.6 is 0 Å². The van der Waals surface area contributed by atoms with E-state index >= 15 is 0 Å². The quantitative estimate of drug-likeness (QED) is 0.807. The van der Waals surface area contributed by atoms with Gasteiger partial charge in [-0.3, -0.25) is 9.69 Å². The second kappa shape index (κ2) is 9.19. The van der Waals surface area contributed by atoms with Gasteiger partial charge in [-0.25, -0.2) is 0 Å². The minimum Gasteiger partial charge on any atom is -0.392 e. The number of likely N-dealkylation sites (tertiary alicyclic amines) is 1. The second-order valence-corrected chi connectivity index (χ2v) is 7.52. The van der Waals surface area contributed by atoms with Gasteiger partial charge in [-0.15, -0.1) is 0 Å². The molecule has 0 radical (unpaired) electrons. The Morgan fingerprint density at radius 3 is 2.46 bits per heavy atom. The van der Waals surface area contributed by atoms with Crippen LogP contribution in [-0.2, 0) is 11.3 Å². The summed E-state index contributed by atoms with van der Waals surface area (Å²) >= 11 is 0. The van der Waals surface area contributed by atoms with E-state index in [9.17, 15) is 9.90 Å². The molecule has 1 aromatic carbocycles. The van der Waals surface area contributed by atoms with E-state index in [1.165, 1.54) is 11.1 Å². The molecule has 1 aromatic rings. The average molecular weight is 332 g/mol. The number of hydrogen-bond donors (Lipinski definition) is 2. The predicted molar refractivity (Wildman–Crippen MR) is 97.7 cm³/mol. The van der Waals surface area contributed by atoms with Gasteiger partial charge in [-0.1, -0.05) is 43.7 Å². The summed E-state index contributed by atoms with van der Waals surface area (Å²) < 4.78 is 0. The fourth-order valence-corrected chi connectivity index (χ4v) is 3.06. The van der Waals surface area contributed by atoms with Crippen molar-refractivity contribution in [3.63, 3.8) is 0 Å². The molecule has 2 N–H and O–H groups in total. The Morgan fingerprint density at radius 2 is 1.88 bits per heavy atom. The SMILES string of the molecule is Cc1ccc(CN2CCC(CNC(=O)CC(O)C(C)C)CC2)cc1. The monoisotopic (exact) mass is 332 g/mol. The molecule has 0 aliphatic carbocycles. The number of piperidine rings is 1. The standard InChI is InChI=1S/C20H32N2O2/c1-15(2)19(23)12-20(24)21-13-17-8-10-22(11-9-17)14-18-6-4-16(3)5-7-18/h4-7,15,17,19,23H,8-14H2,1-3H3,(H,21,24). The van der Waals surface area contributed by atoms with Gasteiger partial charge in [0.05, 0.1) is 12.5 Å². The smallest absolute Gasteiger partial charge is 0.222 e. The maximum Gasteiger partial charge on any atom is 0.222 e. The first-order chi connectivity index (χ1) is 11.4. The summed E-state index contributed by atoms with van der Waals surface area (Å²) in [7, 11) is 0. The van der Waals surface area contributed by atoms with Crippen molar-refractivity contribution in [1.29, 1.82) is 0 Å². The molecular formula is C20H32N2O2. The molecular weight excluding hydrogens is 300 g/mol. The first kappa shape index (κ1) is 18.9. The number of carbonyl (C=O) groups is 1. The highest BCUT2D eigenvalue weighted by atomic mass is 16.3. The van der Waals surface area contributed by atoms with Crippen molar-refractivity contribution in [3.05, 3.63) is 35.4 Å². The number of carbonyl (C=O) groups excluding carboxylic acids is 1. The lowest BCUT2D eigenvalue weighted by Crippen LogP contribution is -2.39. The van der Waals surface area contributed by atoms with Gasteiger partial charge >= 0.3 is 0 Å². The third-order valence-electron chi connectivity index (χ3n) is 4.99. The lowest BCUT2D eigenvalue weighted by molar-refractivity contribution is -0.123. The van der Waals surface area contributed by atoms with E-state index in [0.717, 1.165) is 39.0 Å². The molecule has 1 fully saturated rings. The zero-order valence-electron chi connectivity index (χ0n) is 15.3. The maximum atomic E-state index is 11.9. The fraction of sp³-hybridized carbons (Fsp3) is 0.650. The molecule has 0 saturated carbocycles. The number of amides is 1. The van der Waals surface area contributed by atoms with Crippen LogP contribution in [0.15, 0.2) is 24.3 Å². The Morgan fingerprint density at radius 1 is 1.25 bits per heavy atom. The number of rotatable bonds is 7. The molecule has 0 spiro atoms. The highest BCUT2D eigenvalue weighted by Gasteiger charge is 2.20. The van der Waals surface area contributed by atoms with E-state index in [1.54, 1.807) is 0 Å². The number of benzene rings is 1. The number of nitrogens with zero attached hydrogens (tertiary/aromatic N) is 1. The van der Waals surface area contributed by atoms with Gasteiger partial charge in [0, 0.05) is 13.1 Å². The van der Waals surface area contributed by atoms with E-state index in [1.807, 2.05) is 13.8 Å². The summed E-state index contributed by atoms with van der Waals surface area (Å²) in [6.45, 7) is 9.90. The molecule has 1 saturated heterocycles. The van der Waals surface area contributed by atoms with Gasteiger partial charge in [0.2, 0.25) is 5.91 Å². The van der Waals surface area contributed by atoms with E-state index in [-0.39, 0.29) is 18.2 Å². The normalized spacial score (nSPS) is 17.9. The van der Waals surface area contributed by atoms with Crippen LogP contribution in [0.25, 0.3) is 0 Å². The van der Waals surface area contributed by atoms with Crippen LogP contribution in [0.5, 0.6) is 0 Å². The van der Waals surface area contributed by atoms with Crippen LogP contribution < -0.4 is 5.32 Å². The number of nitrogens with one attached hydrogen (secondary N) is 1. The Balaban J connectivity index is 1.65. The van der Waals surface area contributed by atoms with Crippen molar-refractivity contribution in [3.8, 4) is 0 Å². The van der Waals surface area contributed by atoms with Crippen LogP contribution in [0.4, 0.5) is 0 Å². The van der Waals surface area contributed by atoms with Crippen molar-refractivity contribution in [2.45, 2.75) is 52.7 Å². The molecule has 1 aliphatic rings. The van der Waals surface area contributed by atoms with Crippen molar-refractivity contribution in [1.82, 2.24) is 10.2 Å². The molecule has 0 aromatic heterocycles. The summed E-state index contributed by atoms with van der Waals surface area (Å²) in [5, 5.41) is 12.7. The van der Waals surface area contributed by atoms with Crippen molar-refractivity contribution in [2.24, 2.45) is 11.8 Å². The van der Waals surface area contributed by atoms with E-state index in [0.29, 0.717) is 5.92 Å². The van der Waals surface area contributed by atoms with Crippen LogP contribution in [0.1, 0.15) is 44.2 Å². The number of hydrogen-bond acceptors (Lipinski definition) is 3. The predicted octanol–water partition coefficient (Wildman–Crippen LogP) is 2.73. The third kappa shape index (κ3) is 6.25. The van der Waals surface area contributed by atoms with Gasteiger partial charge in [0.1, 0.15) is 0 Å². The Labute approximate surface area is 146 Å². The summed E-state index contributed by atoms with van der Waals surface area (Å²) in [5.41, 5.74) is 2.67. The molecule has 0 bridgehead atoms. The number of aliphatic hydroxyl groups excluding tert-OH is 1. The lowest BCUT2D eigenvalue weighted by atomic mass is 9.96. The molecule has 1 unspecified atom stereocenters. The average Bonchev–Trinajstić information content (AvgIpc) is 2.56. The number of aliphatic hydroxyl groups is 1. The molecule has 1 heterocycles. The van der Waals surface area contributed by atoms with Crippen LogP contribution in [0.3, 0.4) is 0 Å². The molecule has 2 rings (SSSR count). The van der Waals surface area contributed by atoms with Gasteiger partial charge < -0.3 is 10.4 Å². The third-order valence-corrected chi connectivity index (χ3v) is 4.99. The summed E-state index contributed by atoms with van der Waals surface area (Å²) in [6.07, 6.45) is 1.92. The lowest BCUT2D eigenvalue weighted by Gasteiger charge is -2.32. The molecule has 134 valence electrons. The largest absolute Gasteiger partial charge is 0.392 e. The highest BCUT2D eigenvalue weighted by Crippen LogP contribution is 2.19. The second-order valence-electron chi connectivity index (χ2n) is 7.52. The van der Waals surface area contributed by atoms with E-state index < -0.39 is 6.10 Å². The summed E-state index contributed by atoms with van der Waals surface area (Å²) in [6, 6.07) is 8.76. The zero-order chi connectivity index (χ0) is 17.5. The van der Waals surface area contributed by atoms with Crippen LogP contribution in [-0.4, -0.2) is 41.7 Å². The summed E-state index contributed by atoms with van der Waals surface area (Å²) in [5.74, 6) is 0.651. The Bertz CT molecular complexity index is 505. The minimum atomic E-state index is -0.540. The first-order valence-corrected chi connectivity index (χ1v) is 9.16. The van der Waals surface area contributed by atoms with E-state index in [4.69, 9.17) is 0 Å². The Kier molecular flexibility index (Phi) is 7.25. The van der Waals surface area contributed by atoms with Gasteiger partial charge in [0.25, 0.3) is 0 Å². The van der Waals surface area contributed by atoms with Crippen molar-refractivity contribution in [2.75, 3.05) is 19.6 Å². The Hall–Kier alpha value is -1.39. The molecule has 4 nitrogen and oxygen atoms in total. The zero-order valence-corrected chi connectivity index (χ0v) is 15.3. The van der Waals surface area contributed by atoms with Crippen LogP contribution in [0.2, 0.25) is 0 Å².